The van der Waals surface area contributed by atoms with Crippen LogP contribution in [0.3, 0.4) is 0 Å². The molecule has 0 aliphatic heterocycles. The van der Waals surface area contributed by atoms with Crippen molar-refractivity contribution < 1.29 is 9.15 Å². The van der Waals surface area contributed by atoms with E-state index in [1.54, 1.807) is 18.2 Å². The van der Waals surface area contributed by atoms with Crippen molar-refractivity contribution in [2.75, 3.05) is 11.9 Å². The Balaban J connectivity index is 2.44. The van der Waals surface area contributed by atoms with Crippen LogP contribution in [0.2, 0.25) is 5.02 Å². The molecular formula is C12H10BrClO3. The van der Waals surface area contributed by atoms with E-state index in [0.29, 0.717) is 22.4 Å². The Labute approximate surface area is 111 Å². The molecule has 0 saturated carbocycles. The van der Waals surface area contributed by atoms with E-state index in [0.717, 1.165) is 11.8 Å². The van der Waals surface area contributed by atoms with E-state index in [1.807, 2.05) is 6.07 Å². The van der Waals surface area contributed by atoms with Gasteiger partial charge in [-0.05, 0) is 12.5 Å². The third-order valence-corrected chi connectivity index (χ3v) is 3.18. The van der Waals surface area contributed by atoms with Crippen LogP contribution in [-0.2, 0) is 0 Å². The minimum Gasteiger partial charge on any atom is -0.464 e. The van der Waals surface area contributed by atoms with Gasteiger partial charge in [-0.15, -0.1) is 0 Å². The second kappa shape index (κ2) is 5.56. The predicted molar refractivity (Wildman–Crippen MR) is 71.4 cm³/mol. The molecule has 0 atom stereocenters. The first-order valence-corrected chi connectivity index (χ1v) is 6.64. The van der Waals surface area contributed by atoms with Gasteiger partial charge in [0.05, 0.1) is 12.0 Å². The van der Waals surface area contributed by atoms with E-state index in [-0.39, 0.29) is 5.95 Å². The van der Waals surface area contributed by atoms with Gasteiger partial charge >= 0.3 is 11.6 Å². The SMILES string of the molecule is O=c1oc(OCCCBr)c(Cl)c2ccccc12. The zero-order valence-electron chi connectivity index (χ0n) is 8.91. The number of hydrogen-bond donors (Lipinski definition) is 0. The highest BCUT2D eigenvalue weighted by molar-refractivity contribution is 9.09. The molecule has 2 rings (SSSR count). The maximum Gasteiger partial charge on any atom is 0.346 e. The van der Waals surface area contributed by atoms with Gasteiger partial charge in [0.1, 0.15) is 5.02 Å². The number of halogens is 2. The van der Waals surface area contributed by atoms with E-state index >= 15 is 0 Å². The van der Waals surface area contributed by atoms with Crippen molar-refractivity contribution in [2.24, 2.45) is 0 Å². The van der Waals surface area contributed by atoms with E-state index in [4.69, 9.17) is 20.8 Å². The molecule has 0 spiro atoms. The third kappa shape index (κ3) is 2.64. The molecule has 1 aromatic heterocycles. The van der Waals surface area contributed by atoms with Gasteiger partial charge < -0.3 is 9.15 Å². The van der Waals surface area contributed by atoms with Crippen molar-refractivity contribution in [1.82, 2.24) is 0 Å². The lowest BCUT2D eigenvalue weighted by Crippen LogP contribution is -2.05. The van der Waals surface area contributed by atoms with Crippen LogP contribution in [-0.4, -0.2) is 11.9 Å². The Morgan fingerprint density at radius 2 is 2.00 bits per heavy atom. The Hall–Kier alpha value is -1.00. The second-order valence-electron chi connectivity index (χ2n) is 3.43. The van der Waals surface area contributed by atoms with Gasteiger partial charge in [0, 0.05) is 10.7 Å². The van der Waals surface area contributed by atoms with Crippen molar-refractivity contribution >= 4 is 38.3 Å². The largest absolute Gasteiger partial charge is 0.464 e. The Morgan fingerprint density at radius 1 is 1.29 bits per heavy atom. The number of alkyl halides is 1. The van der Waals surface area contributed by atoms with Gasteiger partial charge in [-0.25, -0.2) is 4.79 Å². The molecule has 0 radical (unpaired) electrons. The summed E-state index contributed by atoms with van der Waals surface area (Å²) < 4.78 is 10.4. The summed E-state index contributed by atoms with van der Waals surface area (Å²) in [5, 5.41) is 2.28. The molecule has 17 heavy (non-hydrogen) atoms. The minimum absolute atomic E-state index is 0.0938. The Kier molecular flexibility index (Phi) is 4.07. The molecule has 90 valence electrons. The highest BCUT2D eigenvalue weighted by Crippen LogP contribution is 2.30. The van der Waals surface area contributed by atoms with Crippen LogP contribution in [0.15, 0.2) is 33.5 Å². The summed E-state index contributed by atoms with van der Waals surface area (Å²) >= 11 is 9.41. The highest BCUT2D eigenvalue weighted by Gasteiger charge is 2.12. The van der Waals surface area contributed by atoms with Crippen LogP contribution < -0.4 is 10.4 Å². The maximum atomic E-state index is 11.7. The van der Waals surface area contributed by atoms with E-state index in [1.165, 1.54) is 0 Å². The summed E-state index contributed by atoms with van der Waals surface area (Å²) in [6, 6.07) is 7.03. The Morgan fingerprint density at radius 3 is 2.71 bits per heavy atom. The van der Waals surface area contributed by atoms with Gasteiger partial charge in [0.2, 0.25) is 0 Å². The summed E-state index contributed by atoms with van der Waals surface area (Å²) in [6.07, 6.45) is 0.812. The summed E-state index contributed by atoms with van der Waals surface area (Å²) in [6.45, 7) is 0.451. The first-order chi connectivity index (χ1) is 8.24. The van der Waals surface area contributed by atoms with Gasteiger partial charge in [-0.1, -0.05) is 45.7 Å². The molecule has 3 nitrogen and oxygen atoms in total. The van der Waals surface area contributed by atoms with Crippen molar-refractivity contribution in [3.8, 4) is 5.95 Å². The van der Waals surface area contributed by atoms with Crippen LogP contribution in [0.5, 0.6) is 5.95 Å². The molecule has 0 fully saturated rings. The maximum absolute atomic E-state index is 11.7. The summed E-state index contributed by atoms with van der Waals surface area (Å²) in [5.74, 6) is 0.0938. The van der Waals surface area contributed by atoms with Gasteiger partial charge in [0.15, 0.2) is 0 Å². The van der Waals surface area contributed by atoms with Crippen LogP contribution in [0.1, 0.15) is 6.42 Å². The van der Waals surface area contributed by atoms with Gasteiger partial charge in [-0.3, -0.25) is 0 Å². The first-order valence-electron chi connectivity index (χ1n) is 5.14. The monoisotopic (exact) mass is 316 g/mol. The van der Waals surface area contributed by atoms with Crippen LogP contribution >= 0.6 is 27.5 Å². The number of rotatable bonds is 4. The summed E-state index contributed by atoms with van der Waals surface area (Å²) in [4.78, 5) is 11.7. The average molecular weight is 318 g/mol. The molecule has 0 amide bonds. The van der Waals surface area contributed by atoms with Crippen LogP contribution in [0.25, 0.3) is 10.8 Å². The molecule has 2 aromatic rings. The fraction of sp³-hybridized carbons (Fsp3) is 0.250. The van der Waals surface area contributed by atoms with E-state index < -0.39 is 5.63 Å². The number of ether oxygens (including phenoxy) is 1. The van der Waals surface area contributed by atoms with E-state index in [9.17, 15) is 4.79 Å². The van der Waals surface area contributed by atoms with E-state index in [2.05, 4.69) is 15.9 Å². The molecule has 0 saturated heterocycles. The fourth-order valence-electron chi connectivity index (χ4n) is 1.46. The molecule has 0 N–H and O–H groups in total. The number of fused-ring (bicyclic) bond motifs is 1. The first kappa shape index (κ1) is 12.5. The normalized spacial score (nSPS) is 10.7. The molecule has 0 bridgehead atoms. The molecular weight excluding hydrogens is 307 g/mol. The van der Waals surface area contributed by atoms with Crippen molar-refractivity contribution in [1.29, 1.82) is 0 Å². The Bertz CT molecular complexity index is 579. The van der Waals surface area contributed by atoms with Crippen LogP contribution in [0.4, 0.5) is 0 Å². The third-order valence-electron chi connectivity index (χ3n) is 2.26. The molecule has 0 unspecified atom stereocenters. The van der Waals surface area contributed by atoms with Gasteiger partial charge in [-0.2, -0.15) is 0 Å². The summed E-state index contributed by atoms with van der Waals surface area (Å²) in [7, 11) is 0. The fourth-order valence-corrected chi connectivity index (χ4v) is 1.95. The average Bonchev–Trinajstić information content (AvgIpc) is 2.36. The summed E-state index contributed by atoms with van der Waals surface area (Å²) in [5.41, 5.74) is -0.432. The molecule has 0 aliphatic carbocycles. The number of benzene rings is 1. The minimum atomic E-state index is -0.432. The lowest BCUT2D eigenvalue weighted by atomic mass is 10.2. The second-order valence-corrected chi connectivity index (χ2v) is 4.60. The zero-order valence-corrected chi connectivity index (χ0v) is 11.3. The standard InChI is InChI=1S/C12H10BrClO3/c13-6-3-7-16-12-10(14)8-4-1-2-5-9(8)11(15)17-12/h1-2,4-5H,3,6-7H2. The lowest BCUT2D eigenvalue weighted by Gasteiger charge is -2.06. The topological polar surface area (TPSA) is 39.4 Å². The molecule has 1 aromatic carbocycles. The smallest absolute Gasteiger partial charge is 0.346 e. The number of hydrogen-bond acceptors (Lipinski definition) is 3. The van der Waals surface area contributed by atoms with Crippen LogP contribution in [0, 0.1) is 0 Å². The van der Waals surface area contributed by atoms with Crippen molar-refractivity contribution in [2.45, 2.75) is 6.42 Å². The highest BCUT2D eigenvalue weighted by atomic mass is 79.9. The molecule has 5 heteroatoms. The van der Waals surface area contributed by atoms with Gasteiger partial charge in [0.25, 0.3) is 0 Å². The lowest BCUT2D eigenvalue weighted by molar-refractivity contribution is 0.234. The van der Waals surface area contributed by atoms with Crippen molar-refractivity contribution in [3.05, 3.63) is 39.7 Å². The molecule has 0 aliphatic rings. The van der Waals surface area contributed by atoms with Crippen molar-refractivity contribution in [3.63, 3.8) is 0 Å². The predicted octanol–water partition coefficient (Wildman–Crippen LogP) is 3.61. The zero-order chi connectivity index (χ0) is 12.3. The quantitative estimate of drug-likeness (QED) is 0.639. The molecule has 1 heterocycles.